The molecule has 0 unspecified atom stereocenters. The number of aromatic nitrogens is 2. The van der Waals surface area contributed by atoms with Crippen LogP contribution in [-0.2, 0) is 17.7 Å². The quantitative estimate of drug-likeness (QED) is 0.387. The zero-order valence-electron chi connectivity index (χ0n) is 16.4. The molecule has 1 fully saturated rings. The number of hydrogen-bond donors (Lipinski definition) is 5. The van der Waals surface area contributed by atoms with Gasteiger partial charge < -0.3 is 35.0 Å². The van der Waals surface area contributed by atoms with Crippen LogP contribution in [0.25, 0.3) is 0 Å². The lowest BCUT2D eigenvalue weighted by atomic mass is 9.99. The van der Waals surface area contributed by atoms with Crippen LogP contribution in [0.1, 0.15) is 28.1 Å². The molecule has 2 aromatic heterocycles. The van der Waals surface area contributed by atoms with Crippen molar-refractivity contribution >= 4 is 11.3 Å². The van der Waals surface area contributed by atoms with Gasteiger partial charge in [-0.05, 0) is 37.3 Å². The molecule has 5 atom stereocenters. The zero-order chi connectivity index (χ0) is 21.1. The van der Waals surface area contributed by atoms with Gasteiger partial charge in [0.15, 0.2) is 0 Å². The Labute approximate surface area is 172 Å². The Morgan fingerprint density at radius 1 is 1.17 bits per heavy atom. The van der Waals surface area contributed by atoms with Gasteiger partial charge in [0.1, 0.15) is 24.4 Å². The summed E-state index contributed by atoms with van der Waals surface area (Å²) in [6.07, 6.45) is -5.74. The van der Waals surface area contributed by atoms with E-state index in [2.05, 4.69) is 16.5 Å². The highest BCUT2D eigenvalue weighted by molar-refractivity contribution is 7.10. The van der Waals surface area contributed by atoms with Gasteiger partial charge in [0.25, 0.3) is 0 Å². The van der Waals surface area contributed by atoms with Gasteiger partial charge in [-0.15, -0.1) is 16.4 Å². The van der Waals surface area contributed by atoms with Crippen LogP contribution in [-0.4, -0.2) is 79.2 Å². The maximum atomic E-state index is 10.3. The maximum absolute atomic E-state index is 10.3. The highest BCUT2D eigenvalue weighted by Gasteiger charge is 2.45. The average molecular weight is 429 g/mol. The molecule has 1 saturated heterocycles. The average Bonchev–Trinajstić information content (AvgIpc) is 3.24. The van der Waals surface area contributed by atoms with E-state index in [9.17, 15) is 20.4 Å². The van der Waals surface area contributed by atoms with Crippen molar-refractivity contribution in [2.24, 2.45) is 0 Å². The predicted molar refractivity (Wildman–Crippen MR) is 105 cm³/mol. The third-order valence-corrected chi connectivity index (χ3v) is 6.09. The molecule has 162 valence electrons. The van der Waals surface area contributed by atoms with Gasteiger partial charge in [0.05, 0.1) is 6.61 Å². The van der Waals surface area contributed by atoms with Crippen LogP contribution in [0, 0.1) is 13.8 Å². The van der Waals surface area contributed by atoms with Crippen molar-refractivity contribution in [1.29, 1.82) is 0 Å². The molecule has 0 bridgehead atoms. The standard InChI is InChI=1S/C19H28N2O7S/c1-10-6-12(29-9-10)7-13-11(2)21(4-3-5-22)20-18(13)28-19-17(26)16(25)15(24)14(8-23)27-19/h6,9,14-17,19,22-26H,3-5,7-8H2,1-2H3/t14-,15-,16+,17-,19+/m1/s1. The highest BCUT2D eigenvalue weighted by Crippen LogP contribution is 2.30. The molecule has 0 aliphatic carbocycles. The number of hydrogen-bond acceptors (Lipinski definition) is 9. The number of nitrogens with zero attached hydrogens (tertiary/aromatic N) is 2. The molecule has 0 aromatic carbocycles. The van der Waals surface area contributed by atoms with Gasteiger partial charge >= 0.3 is 0 Å². The van der Waals surface area contributed by atoms with Crippen molar-refractivity contribution in [3.8, 4) is 5.88 Å². The molecule has 10 heteroatoms. The van der Waals surface area contributed by atoms with Crippen LogP contribution in [0.3, 0.4) is 0 Å². The van der Waals surface area contributed by atoms with Crippen molar-refractivity contribution in [3.63, 3.8) is 0 Å². The normalized spacial score (nSPS) is 27.3. The van der Waals surface area contributed by atoms with Crippen LogP contribution < -0.4 is 4.74 Å². The molecule has 2 aromatic rings. The second kappa shape index (κ2) is 9.52. The summed E-state index contributed by atoms with van der Waals surface area (Å²) in [4.78, 5) is 1.12. The van der Waals surface area contributed by atoms with E-state index in [1.807, 2.05) is 13.8 Å². The Bertz CT molecular complexity index is 807. The molecule has 5 N–H and O–H groups in total. The van der Waals surface area contributed by atoms with Crippen LogP contribution in [0.4, 0.5) is 0 Å². The largest absolute Gasteiger partial charge is 0.443 e. The summed E-state index contributed by atoms with van der Waals surface area (Å²) in [5.41, 5.74) is 2.83. The van der Waals surface area contributed by atoms with Crippen molar-refractivity contribution in [2.45, 2.75) is 63.9 Å². The SMILES string of the molecule is Cc1csc(Cc2c(O[C@@H]3O[C@H](CO)[C@@H](O)[C@H](O)[C@H]3O)nn(CCCO)c2C)c1. The minimum Gasteiger partial charge on any atom is -0.443 e. The van der Waals surface area contributed by atoms with E-state index in [0.717, 1.165) is 21.7 Å². The fraction of sp³-hybridized carbons (Fsp3) is 0.632. The number of aliphatic hydroxyl groups is 5. The Balaban J connectivity index is 1.88. The van der Waals surface area contributed by atoms with Crippen molar-refractivity contribution < 1.29 is 35.0 Å². The van der Waals surface area contributed by atoms with Crippen LogP contribution in [0.15, 0.2) is 11.4 Å². The summed E-state index contributed by atoms with van der Waals surface area (Å²) in [6.45, 7) is 3.91. The van der Waals surface area contributed by atoms with E-state index < -0.39 is 37.3 Å². The van der Waals surface area contributed by atoms with Gasteiger partial charge in [-0.2, -0.15) is 0 Å². The summed E-state index contributed by atoms with van der Waals surface area (Å²) in [7, 11) is 0. The Kier molecular flexibility index (Phi) is 7.28. The highest BCUT2D eigenvalue weighted by atomic mass is 32.1. The summed E-state index contributed by atoms with van der Waals surface area (Å²) >= 11 is 1.62. The van der Waals surface area contributed by atoms with Gasteiger partial charge in [-0.3, -0.25) is 4.68 Å². The molecule has 0 amide bonds. The predicted octanol–water partition coefficient (Wildman–Crippen LogP) is -0.287. The van der Waals surface area contributed by atoms with Gasteiger partial charge in [-0.25, -0.2) is 0 Å². The first-order chi connectivity index (χ1) is 13.8. The molecular weight excluding hydrogens is 400 g/mol. The minimum absolute atomic E-state index is 0.0294. The van der Waals surface area contributed by atoms with E-state index in [1.165, 1.54) is 0 Å². The number of thiophene rings is 1. The molecule has 1 aliphatic rings. The lowest BCUT2D eigenvalue weighted by molar-refractivity contribution is -0.278. The summed E-state index contributed by atoms with van der Waals surface area (Å²) in [5.74, 6) is 0.246. The topological polar surface area (TPSA) is 137 Å². The van der Waals surface area contributed by atoms with Crippen molar-refractivity contribution in [3.05, 3.63) is 33.1 Å². The van der Waals surface area contributed by atoms with Crippen molar-refractivity contribution in [2.75, 3.05) is 13.2 Å². The molecule has 9 nitrogen and oxygen atoms in total. The molecule has 29 heavy (non-hydrogen) atoms. The smallest absolute Gasteiger partial charge is 0.239 e. The molecule has 0 radical (unpaired) electrons. The molecular formula is C19H28N2O7S. The molecule has 1 aliphatic heterocycles. The van der Waals surface area contributed by atoms with E-state index in [0.29, 0.717) is 19.4 Å². The first-order valence-electron chi connectivity index (χ1n) is 9.54. The van der Waals surface area contributed by atoms with Gasteiger partial charge in [-0.1, -0.05) is 0 Å². The fourth-order valence-corrected chi connectivity index (χ4v) is 4.21. The lowest BCUT2D eigenvalue weighted by Crippen LogP contribution is -2.60. The second-order valence-corrected chi connectivity index (χ2v) is 8.25. The van der Waals surface area contributed by atoms with Gasteiger partial charge in [0, 0.05) is 35.7 Å². The van der Waals surface area contributed by atoms with E-state index >= 15 is 0 Å². The van der Waals surface area contributed by atoms with E-state index in [1.54, 1.807) is 16.0 Å². The lowest BCUT2D eigenvalue weighted by Gasteiger charge is -2.39. The van der Waals surface area contributed by atoms with Crippen LogP contribution in [0.2, 0.25) is 0 Å². The van der Waals surface area contributed by atoms with Crippen molar-refractivity contribution in [1.82, 2.24) is 9.78 Å². The number of ether oxygens (including phenoxy) is 2. The first-order valence-corrected chi connectivity index (χ1v) is 10.4. The third-order valence-electron chi connectivity index (χ3n) is 5.03. The molecule has 3 heterocycles. The maximum Gasteiger partial charge on any atom is 0.239 e. The number of aliphatic hydroxyl groups excluding tert-OH is 5. The number of aryl methyl sites for hydroxylation is 2. The molecule has 3 rings (SSSR count). The van der Waals surface area contributed by atoms with Gasteiger partial charge in [0.2, 0.25) is 12.2 Å². The van der Waals surface area contributed by atoms with Crippen LogP contribution in [0.5, 0.6) is 5.88 Å². The second-order valence-electron chi connectivity index (χ2n) is 7.25. The third kappa shape index (κ3) is 4.80. The molecule has 0 saturated carbocycles. The summed E-state index contributed by atoms with van der Waals surface area (Å²) in [6, 6.07) is 2.08. The Morgan fingerprint density at radius 3 is 2.55 bits per heavy atom. The van der Waals surface area contributed by atoms with E-state index in [4.69, 9.17) is 14.6 Å². The zero-order valence-corrected chi connectivity index (χ0v) is 17.2. The Morgan fingerprint density at radius 2 is 1.93 bits per heavy atom. The summed E-state index contributed by atoms with van der Waals surface area (Å²) < 4.78 is 13.0. The fourth-order valence-electron chi connectivity index (χ4n) is 3.32. The number of rotatable bonds is 8. The minimum atomic E-state index is -1.52. The monoisotopic (exact) mass is 428 g/mol. The molecule has 0 spiro atoms. The Hall–Kier alpha value is -1.53. The van der Waals surface area contributed by atoms with Crippen LogP contribution >= 0.6 is 11.3 Å². The van der Waals surface area contributed by atoms with E-state index in [-0.39, 0.29) is 12.5 Å². The first kappa shape index (κ1) is 22.2. The summed E-state index contributed by atoms with van der Waals surface area (Å²) in [5, 5.41) is 55.3.